The van der Waals surface area contributed by atoms with Gasteiger partial charge in [0.05, 0.1) is 12.8 Å². The second-order valence-corrected chi connectivity index (χ2v) is 5.56. The van der Waals surface area contributed by atoms with Gasteiger partial charge in [0.2, 0.25) is 0 Å². The van der Waals surface area contributed by atoms with Gasteiger partial charge in [0.25, 0.3) is 5.91 Å². The highest BCUT2D eigenvalue weighted by Crippen LogP contribution is 2.31. The van der Waals surface area contributed by atoms with Gasteiger partial charge in [0, 0.05) is 11.1 Å². The van der Waals surface area contributed by atoms with E-state index < -0.39 is 5.91 Å². The van der Waals surface area contributed by atoms with Crippen molar-refractivity contribution in [1.82, 2.24) is 5.43 Å². The standard InChI is InChI=1S/C19H22N2O5/c1-4-25-16-7-5-6-8-17(16)26-11-18(23)21-20-10-14-12(2)9-15(22)13(3)19(14)24/h5-10,22,24H,4,11H2,1-3H3,(H,21,23)/b20-10+. The fourth-order valence-corrected chi connectivity index (χ4v) is 2.25. The van der Waals surface area contributed by atoms with Gasteiger partial charge in [-0.1, -0.05) is 12.1 Å². The molecule has 7 nitrogen and oxygen atoms in total. The van der Waals surface area contributed by atoms with Gasteiger partial charge in [0.1, 0.15) is 11.5 Å². The van der Waals surface area contributed by atoms with Crippen molar-refractivity contribution in [3.05, 3.63) is 47.0 Å². The Kier molecular flexibility index (Phi) is 6.43. The van der Waals surface area contributed by atoms with E-state index in [1.807, 2.05) is 13.0 Å². The van der Waals surface area contributed by atoms with Gasteiger partial charge in [-0.2, -0.15) is 5.10 Å². The molecule has 0 aliphatic carbocycles. The molecule has 0 aliphatic heterocycles. The number of amides is 1. The van der Waals surface area contributed by atoms with Crippen LogP contribution in [0.15, 0.2) is 35.4 Å². The largest absolute Gasteiger partial charge is 0.508 e. The van der Waals surface area contributed by atoms with Crippen molar-refractivity contribution in [3.8, 4) is 23.0 Å². The zero-order valence-electron chi connectivity index (χ0n) is 14.9. The van der Waals surface area contributed by atoms with E-state index in [4.69, 9.17) is 9.47 Å². The summed E-state index contributed by atoms with van der Waals surface area (Å²) in [6.07, 6.45) is 1.32. The molecule has 0 radical (unpaired) electrons. The van der Waals surface area contributed by atoms with E-state index >= 15 is 0 Å². The summed E-state index contributed by atoms with van der Waals surface area (Å²) < 4.78 is 10.9. The number of carbonyl (C=O) groups excluding carboxylic acids is 1. The second-order valence-electron chi connectivity index (χ2n) is 5.56. The third kappa shape index (κ3) is 4.66. The van der Waals surface area contributed by atoms with Crippen LogP contribution in [0.1, 0.15) is 23.6 Å². The number of nitrogens with zero attached hydrogens (tertiary/aromatic N) is 1. The predicted molar refractivity (Wildman–Crippen MR) is 98.1 cm³/mol. The number of para-hydroxylation sites is 2. The van der Waals surface area contributed by atoms with Gasteiger partial charge in [-0.3, -0.25) is 4.79 Å². The molecule has 138 valence electrons. The first-order valence-electron chi connectivity index (χ1n) is 8.12. The van der Waals surface area contributed by atoms with E-state index in [-0.39, 0.29) is 18.1 Å². The van der Waals surface area contributed by atoms with Gasteiger partial charge in [-0.25, -0.2) is 5.43 Å². The number of aromatic hydroxyl groups is 2. The Morgan fingerprint density at radius 3 is 2.50 bits per heavy atom. The number of benzene rings is 2. The van der Waals surface area contributed by atoms with Crippen molar-refractivity contribution in [3.63, 3.8) is 0 Å². The van der Waals surface area contributed by atoms with E-state index in [2.05, 4.69) is 10.5 Å². The van der Waals surface area contributed by atoms with Gasteiger partial charge in [-0.05, 0) is 44.5 Å². The average molecular weight is 358 g/mol. The van der Waals surface area contributed by atoms with E-state index in [1.165, 1.54) is 12.3 Å². The Labute approximate surface area is 151 Å². The highest BCUT2D eigenvalue weighted by Gasteiger charge is 2.11. The van der Waals surface area contributed by atoms with Gasteiger partial charge in [0.15, 0.2) is 18.1 Å². The van der Waals surface area contributed by atoms with E-state index in [9.17, 15) is 15.0 Å². The number of hydrogen-bond donors (Lipinski definition) is 3. The molecule has 0 saturated carbocycles. The summed E-state index contributed by atoms with van der Waals surface area (Å²) in [4.78, 5) is 11.9. The fourth-order valence-electron chi connectivity index (χ4n) is 2.25. The number of hydrazone groups is 1. The molecule has 0 unspecified atom stereocenters. The molecule has 7 heteroatoms. The van der Waals surface area contributed by atoms with E-state index in [0.717, 1.165) is 0 Å². The maximum atomic E-state index is 11.9. The Hall–Kier alpha value is -3.22. The Bertz CT molecular complexity index is 818. The Morgan fingerprint density at radius 2 is 1.85 bits per heavy atom. The highest BCUT2D eigenvalue weighted by molar-refractivity contribution is 5.88. The van der Waals surface area contributed by atoms with Crippen LogP contribution in [0.4, 0.5) is 0 Å². The van der Waals surface area contributed by atoms with Crippen LogP contribution in [-0.2, 0) is 4.79 Å². The molecular formula is C19H22N2O5. The first kappa shape index (κ1) is 19.1. The van der Waals surface area contributed by atoms with Crippen LogP contribution in [0.2, 0.25) is 0 Å². The van der Waals surface area contributed by atoms with E-state index in [0.29, 0.717) is 34.8 Å². The summed E-state index contributed by atoms with van der Waals surface area (Å²) >= 11 is 0. The predicted octanol–water partition coefficient (Wildman–Crippen LogP) is 2.64. The smallest absolute Gasteiger partial charge is 0.277 e. The third-order valence-corrected chi connectivity index (χ3v) is 3.66. The van der Waals surface area contributed by atoms with Crippen LogP contribution in [0, 0.1) is 13.8 Å². The van der Waals surface area contributed by atoms with Crippen LogP contribution in [0.5, 0.6) is 23.0 Å². The van der Waals surface area contributed by atoms with Crippen molar-refractivity contribution in [2.75, 3.05) is 13.2 Å². The van der Waals surface area contributed by atoms with Crippen LogP contribution >= 0.6 is 0 Å². The lowest BCUT2D eigenvalue weighted by Gasteiger charge is -2.11. The molecule has 0 aromatic heterocycles. The zero-order chi connectivity index (χ0) is 19.1. The molecule has 0 saturated heterocycles. The minimum atomic E-state index is -0.458. The van der Waals surface area contributed by atoms with Gasteiger partial charge >= 0.3 is 0 Å². The van der Waals surface area contributed by atoms with Crippen LogP contribution < -0.4 is 14.9 Å². The number of ether oxygens (including phenoxy) is 2. The molecule has 1 amide bonds. The molecule has 0 heterocycles. The minimum Gasteiger partial charge on any atom is -0.508 e. The molecule has 2 aromatic carbocycles. The number of phenols is 2. The van der Waals surface area contributed by atoms with Crippen molar-refractivity contribution in [1.29, 1.82) is 0 Å². The number of hydrogen-bond acceptors (Lipinski definition) is 6. The summed E-state index contributed by atoms with van der Waals surface area (Å²) in [7, 11) is 0. The summed E-state index contributed by atoms with van der Waals surface area (Å²) in [5, 5.41) is 23.5. The maximum Gasteiger partial charge on any atom is 0.277 e. The van der Waals surface area contributed by atoms with Crippen molar-refractivity contribution in [2.45, 2.75) is 20.8 Å². The second kappa shape index (κ2) is 8.75. The molecule has 3 N–H and O–H groups in total. The average Bonchev–Trinajstić information content (AvgIpc) is 2.62. The van der Waals surface area contributed by atoms with Crippen molar-refractivity contribution >= 4 is 12.1 Å². The minimum absolute atomic E-state index is 0.00236. The van der Waals surface area contributed by atoms with Crippen LogP contribution in [0.25, 0.3) is 0 Å². The lowest BCUT2D eigenvalue weighted by atomic mass is 10.0. The summed E-state index contributed by atoms with van der Waals surface area (Å²) in [5.41, 5.74) is 3.73. The summed E-state index contributed by atoms with van der Waals surface area (Å²) in [6, 6.07) is 8.59. The monoisotopic (exact) mass is 358 g/mol. The highest BCUT2D eigenvalue weighted by atomic mass is 16.5. The zero-order valence-corrected chi connectivity index (χ0v) is 14.9. The molecule has 0 atom stereocenters. The maximum absolute atomic E-state index is 11.9. The van der Waals surface area contributed by atoms with Crippen LogP contribution in [0.3, 0.4) is 0 Å². The quantitative estimate of drug-likeness (QED) is 0.522. The molecule has 2 rings (SSSR count). The van der Waals surface area contributed by atoms with Crippen molar-refractivity contribution in [2.24, 2.45) is 5.10 Å². The number of rotatable bonds is 7. The summed E-state index contributed by atoms with van der Waals surface area (Å²) in [6.45, 7) is 5.42. The first-order chi connectivity index (χ1) is 12.4. The van der Waals surface area contributed by atoms with Crippen molar-refractivity contribution < 1.29 is 24.5 Å². The molecule has 0 bridgehead atoms. The fraction of sp³-hybridized carbons (Fsp3) is 0.263. The number of phenolic OH excluding ortho intramolecular Hbond substituents is 2. The Balaban J connectivity index is 1.96. The number of carbonyl (C=O) groups is 1. The normalized spacial score (nSPS) is 10.7. The molecule has 0 spiro atoms. The molecule has 2 aromatic rings. The van der Waals surface area contributed by atoms with Gasteiger partial charge < -0.3 is 19.7 Å². The first-order valence-corrected chi connectivity index (χ1v) is 8.12. The summed E-state index contributed by atoms with van der Waals surface area (Å²) in [5.74, 6) is 0.493. The van der Waals surface area contributed by atoms with E-state index in [1.54, 1.807) is 32.0 Å². The topological polar surface area (TPSA) is 100 Å². The lowest BCUT2D eigenvalue weighted by molar-refractivity contribution is -0.123. The van der Waals surface area contributed by atoms with Crippen LogP contribution in [-0.4, -0.2) is 35.5 Å². The molecular weight excluding hydrogens is 336 g/mol. The SMILES string of the molecule is CCOc1ccccc1OCC(=O)N/N=C/c1c(C)cc(O)c(C)c1O. The third-order valence-electron chi connectivity index (χ3n) is 3.66. The molecule has 0 aliphatic rings. The molecule has 0 fully saturated rings. The number of aryl methyl sites for hydroxylation is 1. The molecule has 26 heavy (non-hydrogen) atoms. The number of nitrogens with one attached hydrogen (secondary N) is 1. The van der Waals surface area contributed by atoms with Gasteiger partial charge in [-0.15, -0.1) is 0 Å². The lowest BCUT2D eigenvalue weighted by Crippen LogP contribution is -2.24. The Morgan fingerprint density at radius 1 is 1.19 bits per heavy atom.